The Morgan fingerprint density at radius 1 is 1.53 bits per heavy atom. The number of anilines is 1. The zero-order valence-electron chi connectivity index (χ0n) is 10.3. The van der Waals surface area contributed by atoms with E-state index in [-0.39, 0.29) is 5.84 Å². The molecule has 0 aliphatic carbocycles. The number of hydrogen-bond donors (Lipinski definition) is 2. The first-order valence-electron chi connectivity index (χ1n) is 5.68. The van der Waals surface area contributed by atoms with Crippen molar-refractivity contribution in [1.82, 2.24) is 4.98 Å². The topological polar surface area (TPSA) is 66.0 Å². The molecule has 0 saturated carbocycles. The van der Waals surface area contributed by atoms with Gasteiger partial charge in [0.25, 0.3) is 0 Å². The fraction of sp³-hybridized carbons (Fsp3) is 0.500. The number of nitrogens with two attached hydrogens (primary N) is 1. The predicted octanol–water partition coefficient (Wildman–Crippen LogP) is 2.52. The van der Waals surface area contributed by atoms with Crippen LogP contribution in [-0.2, 0) is 0 Å². The summed E-state index contributed by atoms with van der Waals surface area (Å²) in [6, 6.07) is 3.72. The molecule has 5 heteroatoms. The predicted molar refractivity (Wildman–Crippen MR) is 72.8 cm³/mol. The number of amidine groups is 1. The van der Waals surface area contributed by atoms with Gasteiger partial charge in [-0.25, -0.2) is 4.98 Å². The SMILES string of the molecule is CC(C)CN(CCC(=N)N)c1ccc(Cl)cn1. The third kappa shape index (κ3) is 5.04. The fourth-order valence-electron chi connectivity index (χ4n) is 1.55. The molecule has 0 unspecified atom stereocenters. The number of nitrogens with zero attached hydrogens (tertiary/aromatic N) is 2. The van der Waals surface area contributed by atoms with Crippen LogP contribution >= 0.6 is 11.6 Å². The Morgan fingerprint density at radius 3 is 2.71 bits per heavy atom. The summed E-state index contributed by atoms with van der Waals surface area (Å²) in [6.45, 7) is 5.90. The second kappa shape index (κ2) is 6.45. The third-order valence-corrected chi connectivity index (χ3v) is 2.50. The molecule has 4 nitrogen and oxygen atoms in total. The summed E-state index contributed by atoms with van der Waals surface area (Å²) in [6.07, 6.45) is 2.19. The molecule has 1 aromatic heterocycles. The molecule has 17 heavy (non-hydrogen) atoms. The molecule has 0 radical (unpaired) electrons. The van der Waals surface area contributed by atoms with Crippen molar-refractivity contribution in [2.75, 3.05) is 18.0 Å². The van der Waals surface area contributed by atoms with Crippen molar-refractivity contribution < 1.29 is 0 Å². The first-order valence-corrected chi connectivity index (χ1v) is 6.06. The van der Waals surface area contributed by atoms with Gasteiger partial charge < -0.3 is 10.6 Å². The van der Waals surface area contributed by atoms with Gasteiger partial charge in [0.2, 0.25) is 0 Å². The maximum absolute atomic E-state index is 7.28. The molecule has 0 spiro atoms. The van der Waals surface area contributed by atoms with E-state index in [1.807, 2.05) is 12.1 Å². The fourth-order valence-corrected chi connectivity index (χ4v) is 1.66. The van der Waals surface area contributed by atoms with Gasteiger partial charge in [-0.2, -0.15) is 0 Å². The van der Waals surface area contributed by atoms with Crippen LogP contribution in [0.3, 0.4) is 0 Å². The van der Waals surface area contributed by atoms with Crippen molar-refractivity contribution in [3.05, 3.63) is 23.4 Å². The van der Waals surface area contributed by atoms with Gasteiger partial charge >= 0.3 is 0 Å². The highest BCUT2D eigenvalue weighted by Crippen LogP contribution is 2.16. The maximum atomic E-state index is 7.28. The Bertz CT molecular complexity index is 361. The van der Waals surface area contributed by atoms with Crippen LogP contribution in [0.1, 0.15) is 20.3 Å². The lowest BCUT2D eigenvalue weighted by Crippen LogP contribution is -2.31. The van der Waals surface area contributed by atoms with Crippen LogP contribution in [0.5, 0.6) is 0 Å². The number of aromatic nitrogens is 1. The number of halogens is 1. The molecule has 0 atom stereocenters. The Hall–Kier alpha value is -1.29. The van der Waals surface area contributed by atoms with Crippen molar-refractivity contribution in [1.29, 1.82) is 5.41 Å². The van der Waals surface area contributed by atoms with Gasteiger partial charge in [0.1, 0.15) is 5.82 Å². The van der Waals surface area contributed by atoms with Gasteiger partial charge in [0.15, 0.2) is 0 Å². The van der Waals surface area contributed by atoms with Gasteiger partial charge in [-0.15, -0.1) is 0 Å². The van der Waals surface area contributed by atoms with Gasteiger partial charge in [-0.05, 0) is 18.1 Å². The van der Waals surface area contributed by atoms with E-state index >= 15 is 0 Å². The molecule has 0 saturated heterocycles. The molecule has 0 aromatic carbocycles. The third-order valence-electron chi connectivity index (χ3n) is 2.27. The zero-order chi connectivity index (χ0) is 12.8. The van der Waals surface area contributed by atoms with Crippen molar-refractivity contribution >= 4 is 23.3 Å². The van der Waals surface area contributed by atoms with Gasteiger partial charge in [0.05, 0.1) is 10.9 Å². The highest BCUT2D eigenvalue weighted by atomic mass is 35.5. The van der Waals surface area contributed by atoms with E-state index in [0.717, 1.165) is 12.4 Å². The van der Waals surface area contributed by atoms with Gasteiger partial charge in [0, 0.05) is 25.7 Å². The Kier molecular flexibility index (Phi) is 5.22. The lowest BCUT2D eigenvalue weighted by atomic mass is 10.2. The molecule has 0 fully saturated rings. The lowest BCUT2D eigenvalue weighted by Gasteiger charge is -2.25. The summed E-state index contributed by atoms with van der Waals surface area (Å²) >= 11 is 5.81. The minimum Gasteiger partial charge on any atom is -0.388 e. The smallest absolute Gasteiger partial charge is 0.128 e. The first-order chi connectivity index (χ1) is 7.99. The molecule has 1 rings (SSSR count). The summed E-state index contributed by atoms with van der Waals surface area (Å²) < 4.78 is 0. The molecular formula is C12H19ClN4. The average Bonchev–Trinajstić information content (AvgIpc) is 2.25. The second-order valence-electron chi connectivity index (χ2n) is 4.45. The highest BCUT2D eigenvalue weighted by Gasteiger charge is 2.10. The minimum absolute atomic E-state index is 0.202. The molecule has 0 amide bonds. The molecule has 0 aliphatic heterocycles. The molecular weight excluding hydrogens is 236 g/mol. The van der Waals surface area contributed by atoms with E-state index in [1.54, 1.807) is 6.20 Å². The monoisotopic (exact) mass is 254 g/mol. The van der Waals surface area contributed by atoms with Crippen molar-refractivity contribution in [2.45, 2.75) is 20.3 Å². The number of rotatable bonds is 6. The summed E-state index contributed by atoms with van der Waals surface area (Å²) in [5.41, 5.74) is 5.39. The molecule has 0 aliphatic rings. The summed E-state index contributed by atoms with van der Waals surface area (Å²) in [4.78, 5) is 6.42. The van der Waals surface area contributed by atoms with Crippen LogP contribution in [0.15, 0.2) is 18.3 Å². The largest absolute Gasteiger partial charge is 0.388 e. The molecule has 0 bridgehead atoms. The van der Waals surface area contributed by atoms with Crippen LogP contribution in [0.4, 0.5) is 5.82 Å². The van der Waals surface area contributed by atoms with E-state index in [0.29, 0.717) is 23.9 Å². The standard InChI is InChI=1S/C12H19ClN4/c1-9(2)8-17(6-5-11(14)15)12-4-3-10(13)7-16-12/h3-4,7,9H,5-6,8H2,1-2H3,(H3,14,15). The Labute approximate surface area is 107 Å². The van der Waals surface area contributed by atoms with Crippen LogP contribution in [0.2, 0.25) is 5.02 Å². The summed E-state index contributed by atoms with van der Waals surface area (Å²) in [7, 11) is 0. The summed E-state index contributed by atoms with van der Waals surface area (Å²) in [5.74, 6) is 1.61. The molecule has 1 aromatic rings. The second-order valence-corrected chi connectivity index (χ2v) is 4.89. The van der Waals surface area contributed by atoms with E-state index in [2.05, 4.69) is 23.7 Å². The lowest BCUT2D eigenvalue weighted by molar-refractivity contribution is 0.609. The number of hydrogen-bond acceptors (Lipinski definition) is 3. The van der Waals surface area contributed by atoms with E-state index in [1.165, 1.54) is 0 Å². The normalized spacial score (nSPS) is 10.6. The van der Waals surface area contributed by atoms with Crippen molar-refractivity contribution in [3.8, 4) is 0 Å². The Balaban J connectivity index is 2.74. The maximum Gasteiger partial charge on any atom is 0.128 e. The number of pyridine rings is 1. The van der Waals surface area contributed by atoms with Crippen LogP contribution in [0, 0.1) is 11.3 Å². The van der Waals surface area contributed by atoms with Crippen LogP contribution in [0.25, 0.3) is 0 Å². The minimum atomic E-state index is 0.202. The van der Waals surface area contributed by atoms with E-state index in [9.17, 15) is 0 Å². The van der Waals surface area contributed by atoms with E-state index < -0.39 is 0 Å². The van der Waals surface area contributed by atoms with Gasteiger partial charge in [-0.1, -0.05) is 25.4 Å². The summed E-state index contributed by atoms with van der Waals surface area (Å²) in [5, 5.41) is 7.91. The van der Waals surface area contributed by atoms with Crippen LogP contribution in [-0.4, -0.2) is 23.9 Å². The average molecular weight is 255 g/mol. The molecule has 3 N–H and O–H groups in total. The highest BCUT2D eigenvalue weighted by molar-refractivity contribution is 6.30. The van der Waals surface area contributed by atoms with E-state index in [4.69, 9.17) is 22.7 Å². The molecule has 94 valence electrons. The van der Waals surface area contributed by atoms with Gasteiger partial charge in [-0.3, -0.25) is 5.41 Å². The van der Waals surface area contributed by atoms with Crippen molar-refractivity contribution in [3.63, 3.8) is 0 Å². The quantitative estimate of drug-likeness (QED) is 0.606. The zero-order valence-corrected chi connectivity index (χ0v) is 11.0. The van der Waals surface area contributed by atoms with Crippen LogP contribution < -0.4 is 10.6 Å². The first kappa shape index (κ1) is 13.8. The van der Waals surface area contributed by atoms with Crippen molar-refractivity contribution in [2.24, 2.45) is 11.7 Å². The Morgan fingerprint density at radius 2 is 2.24 bits per heavy atom. The molecule has 1 heterocycles. The number of nitrogens with one attached hydrogen (secondary N) is 1.